The van der Waals surface area contributed by atoms with Crippen LogP contribution in [0, 0.1) is 6.92 Å². The first-order valence-electron chi connectivity index (χ1n) is 10.8. The zero-order valence-electron chi connectivity index (χ0n) is 19.3. The molecule has 2 aromatic heterocycles. The molecule has 0 saturated carbocycles. The molecule has 1 aliphatic heterocycles. The molecule has 0 spiro atoms. The topological polar surface area (TPSA) is 82.8 Å². The van der Waals surface area contributed by atoms with Crippen molar-refractivity contribution in [3.63, 3.8) is 0 Å². The van der Waals surface area contributed by atoms with Gasteiger partial charge in [0.1, 0.15) is 11.4 Å². The molecule has 8 heteroatoms. The summed E-state index contributed by atoms with van der Waals surface area (Å²) < 4.78 is 5.77. The Balaban J connectivity index is 1.60. The fourth-order valence-electron chi connectivity index (χ4n) is 4.15. The predicted molar refractivity (Wildman–Crippen MR) is 122 cm³/mol. The van der Waals surface area contributed by atoms with Gasteiger partial charge in [-0.1, -0.05) is 11.6 Å². The molecular weight excluding hydrogens is 406 g/mol. The number of amides is 2. The minimum atomic E-state index is -0.211. The van der Waals surface area contributed by atoms with Gasteiger partial charge in [-0.25, -0.2) is 9.97 Å². The molecule has 1 fully saturated rings. The van der Waals surface area contributed by atoms with Gasteiger partial charge in [0.2, 0.25) is 5.91 Å². The molecule has 4 rings (SSSR count). The number of carbonyl (C=O) groups excluding carboxylic acids is 2. The van der Waals surface area contributed by atoms with Crippen LogP contribution in [0.4, 0.5) is 5.82 Å². The molecule has 0 aliphatic carbocycles. The van der Waals surface area contributed by atoms with E-state index in [-0.39, 0.29) is 17.9 Å². The third-order valence-corrected chi connectivity index (χ3v) is 5.82. The van der Waals surface area contributed by atoms with Crippen LogP contribution in [0.1, 0.15) is 53.4 Å². The fourth-order valence-corrected chi connectivity index (χ4v) is 4.15. The lowest BCUT2D eigenvalue weighted by Crippen LogP contribution is -2.30. The molecule has 0 N–H and O–H groups in total. The van der Waals surface area contributed by atoms with Crippen LogP contribution in [0.5, 0.6) is 0 Å². The number of anilines is 1. The van der Waals surface area contributed by atoms with Gasteiger partial charge in [0.25, 0.3) is 5.91 Å². The van der Waals surface area contributed by atoms with E-state index in [1.165, 1.54) is 0 Å². The molecule has 1 aliphatic rings. The summed E-state index contributed by atoms with van der Waals surface area (Å²) in [5.74, 6) is 1.49. The number of hydrogen-bond acceptors (Lipinski definition) is 6. The average Bonchev–Trinajstić information content (AvgIpc) is 3.39. The van der Waals surface area contributed by atoms with Crippen molar-refractivity contribution in [1.82, 2.24) is 19.8 Å². The van der Waals surface area contributed by atoms with Gasteiger partial charge in [0.15, 0.2) is 11.6 Å². The smallest absolute Gasteiger partial charge is 0.289 e. The van der Waals surface area contributed by atoms with Gasteiger partial charge < -0.3 is 19.1 Å². The van der Waals surface area contributed by atoms with Crippen molar-refractivity contribution < 1.29 is 14.0 Å². The van der Waals surface area contributed by atoms with E-state index in [0.29, 0.717) is 23.7 Å². The summed E-state index contributed by atoms with van der Waals surface area (Å²) in [4.78, 5) is 39.8. The summed E-state index contributed by atoms with van der Waals surface area (Å²) in [5.41, 5.74) is 2.52. The second-order valence-electron chi connectivity index (χ2n) is 8.65. The molecule has 0 radical (unpaired) electrons. The third kappa shape index (κ3) is 4.30. The van der Waals surface area contributed by atoms with Crippen LogP contribution in [0.3, 0.4) is 0 Å². The van der Waals surface area contributed by atoms with Crippen LogP contribution in [0.25, 0.3) is 11.0 Å². The lowest BCUT2D eigenvalue weighted by Gasteiger charge is -2.24. The highest BCUT2D eigenvalue weighted by Crippen LogP contribution is 2.31. The van der Waals surface area contributed by atoms with Gasteiger partial charge >= 0.3 is 0 Å². The van der Waals surface area contributed by atoms with Crippen molar-refractivity contribution in [3.05, 3.63) is 53.2 Å². The van der Waals surface area contributed by atoms with Crippen LogP contribution in [-0.2, 0) is 11.3 Å². The molecule has 3 aromatic rings. The molecule has 1 atom stereocenters. The first-order chi connectivity index (χ1) is 15.2. The lowest BCUT2D eigenvalue weighted by atomic mass is 10.2. The molecule has 32 heavy (non-hydrogen) atoms. The van der Waals surface area contributed by atoms with E-state index in [4.69, 9.17) is 14.4 Å². The third-order valence-electron chi connectivity index (χ3n) is 5.82. The molecule has 0 bridgehead atoms. The van der Waals surface area contributed by atoms with Crippen molar-refractivity contribution in [2.45, 2.75) is 39.3 Å². The Hall–Kier alpha value is -3.42. The van der Waals surface area contributed by atoms with E-state index in [1.807, 2.05) is 55.1 Å². The van der Waals surface area contributed by atoms with Crippen molar-refractivity contribution in [1.29, 1.82) is 0 Å². The summed E-state index contributed by atoms with van der Waals surface area (Å²) in [6.45, 7) is 4.61. The lowest BCUT2D eigenvalue weighted by molar-refractivity contribution is -0.129. The molecule has 1 unspecified atom stereocenters. The van der Waals surface area contributed by atoms with Crippen molar-refractivity contribution >= 4 is 28.6 Å². The highest BCUT2D eigenvalue weighted by molar-refractivity contribution is 5.96. The fraction of sp³-hybridized carbons (Fsp3) is 0.417. The van der Waals surface area contributed by atoms with Crippen molar-refractivity contribution in [2.75, 3.05) is 32.6 Å². The van der Waals surface area contributed by atoms with Crippen LogP contribution in [0.2, 0.25) is 0 Å². The molecule has 168 valence electrons. The maximum Gasteiger partial charge on any atom is 0.289 e. The zero-order valence-corrected chi connectivity index (χ0v) is 19.3. The number of aryl methyl sites for hydroxylation is 1. The van der Waals surface area contributed by atoms with Crippen molar-refractivity contribution in [3.8, 4) is 0 Å². The first kappa shape index (κ1) is 21.8. The Morgan fingerprint density at radius 2 is 1.94 bits per heavy atom. The Bertz CT molecular complexity index is 1170. The van der Waals surface area contributed by atoms with Gasteiger partial charge in [-0.3, -0.25) is 9.59 Å². The number of benzene rings is 1. The Morgan fingerprint density at radius 1 is 1.16 bits per heavy atom. The van der Waals surface area contributed by atoms with Gasteiger partial charge in [-0.15, -0.1) is 0 Å². The Morgan fingerprint density at radius 3 is 2.66 bits per heavy atom. The van der Waals surface area contributed by atoms with E-state index in [1.54, 1.807) is 24.9 Å². The van der Waals surface area contributed by atoms with E-state index in [9.17, 15) is 9.59 Å². The minimum absolute atomic E-state index is 0.0281. The number of fused-ring (bicyclic) bond motifs is 1. The van der Waals surface area contributed by atoms with Crippen LogP contribution >= 0.6 is 0 Å². The number of nitrogens with zero attached hydrogens (tertiary/aromatic N) is 5. The highest BCUT2D eigenvalue weighted by Gasteiger charge is 2.31. The van der Waals surface area contributed by atoms with Crippen LogP contribution in [0.15, 0.2) is 34.7 Å². The van der Waals surface area contributed by atoms with E-state index in [0.717, 1.165) is 41.8 Å². The summed E-state index contributed by atoms with van der Waals surface area (Å²) in [7, 11) is 5.56. The molecule has 2 amide bonds. The number of carbonyl (C=O) groups is 2. The van der Waals surface area contributed by atoms with Gasteiger partial charge in [0, 0.05) is 46.1 Å². The first-order valence-corrected chi connectivity index (χ1v) is 10.8. The van der Waals surface area contributed by atoms with Gasteiger partial charge in [0.05, 0.1) is 18.3 Å². The Kier molecular flexibility index (Phi) is 5.86. The summed E-state index contributed by atoms with van der Waals surface area (Å²) >= 11 is 0. The number of aromatic nitrogens is 2. The number of hydrogen-bond donors (Lipinski definition) is 0. The second-order valence-corrected chi connectivity index (χ2v) is 8.65. The summed E-state index contributed by atoms with van der Waals surface area (Å²) in [5, 5.41) is 0.909. The largest absolute Gasteiger partial charge is 0.451 e. The number of likely N-dealkylation sites (tertiary alicyclic amines) is 1. The number of furan rings is 1. The molecule has 8 nitrogen and oxygen atoms in total. The quantitative estimate of drug-likeness (QED) is 0.610. The molecule has 1 saturated heterocycles. The van der Waals surface area contributed by atoms with E-state index < -0.39 is 0 Å². The summed E-state index contributed by atoms with van der Waals surface area (Å²) in [6, 6.07) is 9.36. The molecule has 1 aromatic carbocycles. The van der Waals surface area contributed by atoms with Crippen LogP contribution in [-0.4, -0.2) is 59.3 Å². The zero-order chi connectivity index (χ0) is 23.0. The molecular formula is C24H29N5O3. The standard InChI is InChI=1S/C24H29N5O3/c1-15-8-9-20-17(11-15)12-21(32-20)24(31)28(5)14-18-13-22(27(3)4)26-23(25-18)19-7-6-10-29(19)16(2)30/h8-9,11-13,19H,6-7,10,14H2,1-5H3. The molecule has 3 heterocycles. The minimum Gasteiger partial charge on any atom is -0.451 e. The van der Waals surface area contributed by atoms with Crippen molar-refractivity contribution in [2.24, 2.45) is 0 Å². The maximum atomic E-state index is 13.0. The average molecular weight is 436 g/mol. The second kappa shape index (κ2) is 8.61. The maximum absolute atomic E-state index is 13.0. The predicted octanol–water partition coefficient (Wildman–Crippen LogP) is 3.55. The van der Waals surface area contributed by atoms with Crippen LogP contribution < -0.4 is 4.90 Å². The SMILES string of the molecule is CC(=O)N1CCCC1c1nc(CN(C)C(=O)c2cc3cc(C)ccc3o2)cc(N(C)C)n1. The normalized spacial score (nSPS) is 15.9. The van der Waals surface area contributed by atoms with Gasteiger partial charge in [-0.05, 0) is 38.0 Å². The van der Waals surface area contributed by atoms with E-state index >= 15 is 0 Å². The summed E-state index contributed by atoms with van der Waals surface area (Å²) in [6.07, 6.45) is 1.77. The highest BCUT2D eigenvalue weighted by atomic mass is 16.3. The Labute approximate surface area is 187 Å². The number of rotatable bonds is 5. The van der Waals surface area contributed by atoms with E-state index in [2.05, 4.69) is 0 Å². The van der Waals surface area contributed by atoms with Gasteiger partial charge in [-0.2, -0.15) is 0 Å². The monoisotopic (exact) mass is 435 g/mol.